The maximum absolute atomic E-state index is 15.6. The predicted octanol–water partition coefficient (Wildman–Crippen LogP) is 2.71. The number of benzene rings is 1. The summed E-state index contributed by atoms with van der Waals surface area (Å²) in [5, 5.41) is 4.01. The molecular weight excluding hydrogens is 484 g/mol. The molecular formula is C26H37F2N5O4. The lowest BCUT2D eigenvalue weighted by Gasteiger charge is -2.42. The van der Waals surface area contributed by atoms with E-state index in [2.05, 4.69) is 15.6 Å². The number of nitrogens with one attached hydrogen (secondary N) is 2. The Labute approximate surface area is 216 Å². The number of carbonyl (C=O) groups excluding carboxylic acids is 3. The number of piperidine rings is 2. The van der Waals surface area contributed by atoms with Crippen LogP contribution in [0.1, 0.15) is 57.9 Å². The lowest BCUT2D eigenvalue weighted by Crippen LogP contribution is -2.56. The molecule has 0 radical (unpaired) electrons. The summed E-state index contributed by atoms with van der Waals surface area (Å²) in [5.74, 6) is -1.61. The highest BCUT2D eigenvalue weighted by Crippen LogP contribution is 2.31. The summed E-state index contributed by atoms with van der Waals surface area (Å²) in [6.45, 7) is 8.84. The molecule has 1 aromatic rings. The normalized spacial score (nSPS) is 23.5. The zero-order valence-corrected chi connectivity index (χ0v) is 21.8. The van der Waals surface area contributed by atoms with Crippen molar-refractivity contribution in [2.45, 2.75) is 63.6 Å². The van der Waals surface area contributed by atoms with Gasteiger partial charge in [-0.1, -0.05) is 6.07 Å². The summed E-state index contributed by atoms with van der Waals surface area (Å²) in [5.41, 5.74) is 1.78. The van der Waals surface area contributed by atoms with E-state index in [-0.39, 0.29) is 18.2 Å². The van der Waals surface area contributed by atoms with Gasteiger partial charge in [0.15, 0.2) is 0 Å². The molecule has 3 fully saturated rings. The number of halogens is 2. The van der Waals surface area contributed by atoms with Crippen LogP contribution in [0.4, 0.5) is 19.3 Å². The second kappa shape index (κ2) is 10.9. The lowest BCUT2D eigenvalue weighted by molar-refractivity contribution is -0.134. The van der Waals surface area contributed by atoms with Crippen LogP contribution in [0, 0.1) is 5.82 Å². The van der Waals surface area contributed by atoms with E-state index in [1.807, 2.05) is 4.90 Å². The fraction of sp³-hybridized carbons (Fsp3) is 0.654. The summed E-state index contributed by atoms with van der Waals surface area (Å²) in [6, 6.07) is 4.83. The van der Waals surface area contributed by atoms with E-state index >= 15 is 4.39 Å². The van der Waals surface area contributed by atoms with Crippen LogP contribution in [0.25, 0.3) is 0 Å². The monoisotopic (exact) mass is 521 g/mol. The van der Waals surface area contributed by atoms with Crippen LogP contribution in [-0.4, -0.2) is 84.9 Å². The van der Waals surface area contributed by atoms with E-state index in [1.165, 1.54) is 6.07 Å². The molecule has 3 aliphatic rings. The number of piperazine rings is 1. The van der Waals surface area contributed by atoms with Gasteiger partial charge in [-0.15, -0.1) is 0 Å². The van der Waals surface area contributed by atoms with Crippen molar-refractivity contribution in [3.63, 3.8) is 0 Å². The SMILES string of the molecule is CC(C)(C)OC(=O)NN1CCC(F)(CN2CCN(c3ccc(C4CCC(=O)NC4=O)cc3F)CC2)CC1. The minimum absolute atomic E-state index is 0.246. The van der Waals surface area contributed by atoms with Gasteiger partial charge in [0.2, 0.25) is 11.8 Å². The van der Waals surface area contributed by atoms with Crippen LogP contribution in [-0.2, 0) is 14.3 Å². The fourth-order valence-corrected chi connectivity index (χ4v) is 5.16. The predicted molar refractivity (Wildman–Crippen MR) is 134 cm³/mol. The molecule has 204 valence electrons. The summed E-state index contributed by atoms with van der Waals surface area (Å²) in [6.07, 6.45) is 0.698. The molecule has 0 aliphatic carbocycles. The molecule has 0 spiro atoms. The first-order chi connectivity index (χ1) is 17.4. The van der Waals surface area contributed by atoms with Gasteiger partial charge in [-0.25, -0.2) is 18.6 Å². The van der Waals surface area contributed by atoms with Crippen molar-refractivity contribution in [2.75, 3.05) is 50.7 Å². The number of hydrazine groups is 1. The number of imide groups is 1. The van der Waals surface area contributed by atoms with E-state index in [4.69, 9.17) is 4.74 Å². The quantitative estimate of drug-likeness (QED) is 0.576. The Morgan fingerprint density at radius 1 is 1.14 bits per heavy atom. The van der Waals surface area contributed by atoms with Gasteiger partial charge >= 0.3 is 6.09 Å². The first-order valence-corrected chi connectivity index (χ1v) is 12.9. The van der Waals surface area contributed by atoms with Crippen LogP contribution < -0.4 is 15.6 Å². The van der Waals surface area contributed by atoms with Gasteiger partial charge < -0.3 is 9.64 Å². The van der Waals surface area contributed by atoms with Gasteiger partial charge in [0.25, 0.3) is 0 Å². The number of anilines is 1. The second-order valence-corrected chi connectivity index (χ2v) is 11.2. The highest BCUT2D eigenvalue weighted by molar-refractivity contribution is 6.00. The number of nitrogens with zero attached hydrogens (tertiary/aromatic N) is 3. The number of amides is 3. The topological polar surface area (TPSA) is 94.2 Å². The van der Waals surface area contributed by atoms with Crippen molar-refractivity contribution in [2.24, 2.45) is 0 Å². The molecule has 11 heteroatoms. The number of ether oxygens (including phenoxy) is 1. The van der Waals surface area contributed by atoms with Crippen molar-refractivity contribution in [3.8, 4) is 0 Å². The molecule has 3 saturated heterocycles. The van der Waals surface area contributed by atoms with Gasteiger partial charge in [0, 0.05) is 52.2 Å². The Hall–Kier alpha value is -2.79. The Kier molecular flexibility index (Phi) is 8.03. The van der Waals surface area contributed by atoms with E-state index in [0.717, 1.165) is 0 Å². The molecule has 0 bridgehead atoms. The first kappa shape index (κ1) is 27.3. The molecule has 4 rings (SSSR count). The number of hydrogen-bond acceptors (Lipinski definition) is 7. The van der Waals surface area contributed by atoms with Crippen molar-refractivity contribution in [1.29, 1.82) is 0 Å². The van der Waals surface area contributed by atoms with Gasteiger partial charge in [0.1, 0.15) is 17.1 Å². The molecule has 3 amide bonds. The Morgan fingerprint density at radius 3 is 2.41 bits per heavy atom. The third kappa shape index (κ3) is 7.16. The molecule has 0 saturated carbocycles. The maximum atomic E-state index is 15.6. The molecule has 3 aliphatic heterocycles. The Morgan fingerprint density at radius 2 is 1.81 bits per heavy atom. The van der Waals surface area contributed by atoms with E-state index < -0.39 is 29.1 Å². The second-order valence-electron chi connectivity index (χ2n) is 11.2. The molecule has 1 unspecified atom stereocenters. The summed E-state index contributed by atoms with van der Waals surface area (Å²) in [7, 11) is 0. The van der Waals surface area contributed by atoms with Crippen LogP contribution in [0.2, 0.25) is 0 Å². The molecule has 1 aromatic carbocycles. The number of hydrogen-bond donors (Lipinski definition) is 2. The summed E-state index contributed by atoms with van der Waals surface area (Å²) < 4.78 is 35.8. The highest BCUT2D eigenvalue weighted by Gasteiger charge is 2.38. The minimum Gasteiger partial charge on any atom is -0.443 e. The molecule has 2 N–H and O–H groups in total. The number of carbonyl (C=O) groups is 3. The first-order valence-electron chi connectivity index (χ1n) is 12.9. The molecule has 3 heterocycles. The smallest absolute Gasteiger partial charge is 0.422 e. The molecule has 1 atom stereocenters. The van der Waals surface area contributed by atoms with Crippen LogP contribution in [0.3, 0.4) is 0 Å². The minimum atomic E-state index is -1.34. The summed E-state index contributed by atoms with van der Waals surface area (Å²) in [4.78, 5) is 39.5. The average Bonchev–Trinajstić information content (AvgIpc) is 2.80. The molecule has 37 heavy (non-hydrogen) atoms. The van der Waals surface area contributed by atoms with Crippen molar-refractivity contribution in [1.82, 2.24) is 20.7 Å². The van der Waals surface area contributed by atoms with Crippen LogP contribution >= 0.6 is 0 Å². The highest BCUT2D eigenvalue weighted by atomic mass is 19.1. The van der Waals surface area contributed by atoms with Crippen LogP contribution in [0.15, 0.2) is 18.2 Å². The third-order valence-electron chi connectivity index (χ3n) is 7.14. The molecule has 0 aromatic heterocycles. The Balaban J connectivity index is 1.24. The zero-order chi connectivity index (χ0) is 26.8. The lowest BCUT2D eigenvalue weighted by atomic mass is 9.90. The van der Waals surface area contributed by atoms with Gasteiger partial charge in [0.05, 0.1) is 11.6 Å². The molecule has 9 nitrogen and oxygen atoms in total. The Bertz CT molecular complexity index is 1010. The maximum Gasteiger partial charge on any atom is 0.422 e. The zero-order valence-electron chi connectivity index (χ0n) is 21.8. The third-order valence-corrected chi connectivity index (χ3v) is 7.14. The van der Waals surface area contributed by atoms with E-state index in [9.17, 15) is 18.8 Å². The van der Waals surface area contributed by atoms with Crippen molar-refractivity contribution >= 4 is 23.6 Å². The largest absolute Gasteiger partial charge is 0.443 e. The summed E-state index contributed by atoms with van der Waals surface area (Å²) >= 11 is 0. The standard InChI is InChI=1S/C26H37F2N5O4/c1-25(2,3)37-24(36)30-33-10-8-26(28,9-11-33)17-31-12-14-32(15-13-31)21-6-4-18(16-20(21)27)19-5-7-22(34)29-23(19)35/h4,6,16,19H,5,7-15,17H2,1-3H3,(H,30,36)(H,29,34,35). The van der Waals surface area contributed by atoms with E-state index in [0.29, 0.717) is 76.3 Å². The number of rotatable bonds is 5. The van der Waals surface area contributed by atoms with Gasteiger partial charge in [-0.05, 0) is 57.7 Å². The van der Waals surface area contributed by atoms with Crippen molar-refractivity contribution in [3.05, 3.63) is 29.6 Å². The van der Waals surface area contributed by atoms with Crippen LogP contribution in [0.5, 0.6) is 0 Å². The fourth-order valence-electron chi connectivity index (χ4n) is 5.16. The average molecular weight is 522 g/mol. The van der Waals surface area contributed by atoms with Gasteiger partial charge in [-0.2, -0.15) is 0 Å². The number of alkyl halides is 1. The van der Waals surface area contributed by atoms with Crippen molar-refractivity contribution < 1.29 is 27.9 Å². The van der Waals surface area contributed by atoms with Gasteiger partial charge in [-0.3, -0.25) is 25.2 Å². The van der Waals surface area contributed by atoms with E-state index in [1.54, 1.807) is 37.9 Å².